The van der Waals surface area contributed by atoms with E-state index in [9.17, 15) is 4.79 Å². The van der Waals surface area contributed by atoms with Crippen LogP contribution in [0.2, 0.25) is 5.02 Å². The Bertz CT molecular complexity index is 714. The first-order chi connectivity index (χ1) is 12.6. The van der Waals surface area contributed by atoms with Crippen molar-refractivity contribution in [2.75, 3.05) is 37.6 Å². The van der Waals surface area contributed by atoms with Crippen molar-refractivity contribution in [2.24, 2.45) is 0 Å². The fourth-order valence-corrected chi connectivity index (χ4v) is 3.44. The molecule has 1 atom stereocenters. The largest absolute Gasteiger partial charge is 0.369 e. The zero-order chi connectivity index (χ0) is 18.4. The van der Waals surface area contributed by atoms with Crippen molar-refractivity contribution in [1.82, 2.24) is 10.2 Å². The van der Waals surface area contributed by atoms with Gasteiger partial charge in [0, 0.05) is 55.0 Å². The first-order valence-electron chi connectivity index (χ1n) is 9.20. The van der Waals surface area contributed by atoms with Crippen LogP contribution >= 0.6 is 11.6 Å². The molecule has 1 aliphatic heterocycles. The zero-order valence-corrected chi connectivity index (χ0v) is 16.0. The molecule has 0 radical (unpaired) electrons. The van der Waals surface area contributed by atoms with Crippen LogP contribution in [0.25, 0.3) is 0 Å². The Labute approximate surface area is 160 Å². The Kier molecular flexibility index (Phi) is 6.53. The van der Waals surface area contributed by atoms with E-state index in [0.717, 1.165) is 39.1 Å². The number of nitrogens with zero attached hydrogens (tertiary/aromatic N) is 2. The van der Waals surface area contributed by atoms with E-state index in [-0.39, 0.29) is 11.9 Å². The summed E-state index contributed by atoms with van der Waals surface area (Å²) in [6, 6.07) is 17.8. The monoisotopic (exact) mass is 371 g/mol. The van der Waals surface area contributed by atoms with E-state index in [0.29, 0.717) is 10.6 Å². The highest BCUT2D eigenvalue weighted by Gasteiger charge is 2.18. The van der Waals surface area contributed by atoms with Crippen LogP contribution in [0.5, 0.6) is 0 Å². The van der Waals surface area contributed by atoms with Crippen molar-refractivity contribution in [3.05, 3.63) is 65.2 Å². The predicted molar refractivity (Wildman–Crippen MR) is 108 cm³/mol. The lowest BCUT2D eigenvalue weighted by Crippen LogP contribution is -2.47. The molecule has 0 bridgehead atoms. The molecule has 1 N–H and O–H groups in total. The molecular formula is C21H26ClN3O. The lowest BCUT2D eigenvalue weighted by atomic mass is 10.1. The minimum absolute atomic E-state index is 0.0612. The van der Waals surface area contributed by atoms with Crippen LogP contribution in [0, 0.1) is 0 Å². The number of rotatable bonds is 6. The van der Waals surface area contributed by atoms with E-state index < -0.39 is 0 Å². The summed E-state index contributed by atoms with van der Waals surface area (Å²) in [5.41, 5.74) is 1.91. The van der Waals surface area contributed by atoms with Crippen molar-refractivity contribution in [3.63, 3.8) is 0 Å². The molecular weight excluding hydrogens is 346 g/mol. The summed E-state index contributed by atoms with van der Waals surface area (Å²) >= 11 is 5.95. The van der Waals surface area contributed by atoms with Gasteiger partial charge in [-0.1, -0.05) is 35.9 Å². The summed E-state index contributed by atoms with van der Waals surface area (Å²) < 4.78 is 0. The average Bonchev–Trinajstić information content (AvgIpc) is 2.67. The van der Waals surface area contributed by atoms with Gasteiger partial charge in [0.1, 0.15) is 0 Å². The summed E-state index contributed by atoms with van der Waals surface area (Å²) in [5.74, 6) is -0.0612. The summed E-state index contributed by atoms with van der Waals surface area (Å²) in [5, 5.41) is 3.65. The van der Waals surface area contributed by atoms with Crippen molar-refractivity contribution in [2.45, 2.75) is 19.4 Å². The Morgan fingerprint density at radius 1 is 1.08 bits per heavy atom. The standard InChI is InChI=1S/C21H26ClN3O/c1-17(23-21(26)18-6-5-7-19(22)16-18)10-11-24-12-14-25(15-13-24)20-8-3-2-4-9-20/h2-9,16-17H,10-15H2,1H3,(H,23,26). The Morgan fingerprint density at radius 2 is 1.81 bits per heavy atom. The average molecular weight is 372 g/mol. The molecule has 26 heavy (non-hydrogen) atoms. The molecule has 2 aromatic rings. The highest BCUT2D eigenvalue weighted by atomic mass is 35.5. The first kappa shape index (κ1) is 18.7. The molecule has 2 aromatic carbocycles. The van der Waals surface area contributed by atoms with E-state index >= 15 is 0 Å². The van der Waals surface area contributed by atoms with Crippen LogP contribution in [0.15, 0.2) is 54.6 Å². The molecule has 138 valence electrons. The fourth-order valence-electron chi connectivity index (χ4n) is 3.25. The SMILES string of the molecule is CC(CCN1CCN(c2ccccc2)CC1)NC(=O)c1cccc(Cl)c1. The predicted octanol–water partition coefficient (Wildman–Crippen LogP) is 3.67. The zero-order valence-electron chi connectivity index (χ0n) is 15.2. The van der Waals surface area contributed by atoms with Crippen LogP contribution in [-0.4, -0.2) is 49.6 Å². The topological polar surface area (TPSA) is 35.6 Å². The quantitative estimate of drug-likeness (QED) is 0.841. The van der Waals surface area contributed by atoms with Crippen LogP contribution in [0.4, 0.5) is 5.69 Å². The number of benzene rings is 2. The highest BCUT2D eigenvalue weighted by Crippen LogP contribution is 2.16. The molecule has 0 aromatic heterocycles. The molecule has 1 heterocycles. The first-order valence-corrected chi connectivity index (χ1v) is 9.58. The number of hydrogen-bond donors (Lipinski definition) is 1. The lowest BCUT2D eigenvalue weighted by Gasteiger charge is -2.36. The van der Waals surface area contributed by atoms with Gasteiger partial charge >= 0.3 is 0 Å². The number of halogens is 1. The maximum Gasteiger partial charge on any atom is 0.251 e. The number of nitrogens with one attached hydrogen (secondary N) is 1. The third kappa shape index (κ3) is 5.23. The third-order valence-corrected chi connectivity index (χ3v) is 5.07. The fraction of sp³-hybridized carbons (Fsp3) is 0.381. The van der Waals surface area contributed by atoms with Crippen LogP contribution in [0.3, 0.4) is 0 Å². The molecule has 1 fully saturated rings. The molecule has 3 rings (SSSR count). The van der Waals surface area contributed by atoms with Gasteiger partial charge in [-0.25, -0.2) is 0 Å². The number of amides is 1. The number of carbonyl (C=O) groups is 1. The Balaban J connectivity index is 1.40. The van der Waals surface area contributed by atoms with Gasteiger partial charge in [-0.2, -0.15) is 0 Å². The van der Waals surface area contributed by atoms with E-state index in [1.54, 1.807) is 24.3 Å². The minimum atomic E-state index is -0.0612. The summed E-state index contributed by atoms with van der Waals surface area (Å²) in [7, 11) is 0. The van der Waals surface area contributed by atoms with E-state index in [2.05, 4.69) is 52.4 Å². The second-order valence-corrected chi connectivity index (χ2v) is 7.27. The van der Waals surface area contributed by atoms with Crippen LogP contribution in [-0.2, 0) is 0 Å². The molecule has 4 nitrogen and oxygen atoms in total. The number of para-hydroxylation sites is 1. The van der Waals surface area contributed by atoms with Crippen molar-refractivity contribution < 1.29 is 4.79 Å². The molecule has 1 aliphatic rings. The van der Waals surface area contributed by atoms with Gasteiger partial charge in [-0.3, -0.25) is 9.69 Å². The van der Waals surface area contributed by atoms with Crippen molar-refractivity contribution in [1.29, 1.82) is 0 Å². The maximum absolute atomic E-state index is 12.3. The molecule has 1 saturated heterocycles. The second kappa shape index (κ2) is 9.06. The maximum atomic E-state index is 12.3. The van der Waals surface area contributed by atoms with Gasteiger partial charge < -0.3 is 10.2 Å². The molecule has 0 spiro atoms. The second-order valence-electron chi connectivity index (χ2n) is 6.84. The summed E-state index contributed by atoms with van der Waals surface area (Å²) in [6.07, 6.45) is 0.942. The van der Waals surface area contributed by atoms with Gasteiger partial charge in [-0.15, -0.1) is 0 Å². The molecule has 1 unspecified atom stereocenters. The van der Waals surface area contributed by atoms with Gasteiger partial charge in [0.05, 0.1) is 0 Å². The van der Waals surface area contributed by atoms with E-state index in [1.807, 2.05) is 0 Å². The van der Waals surface area contributed by atoms with Gasteiger partial charge in [0.2, 0.25) is 0 Å². The van der Waals surface area contributed by atoms with Gasteiger partial charge in [-0.05, 0) is 43.7 Å². The van der Waals surface area contributed by atoms with Crippen molar-refractivity contribution in [3.8, 4) is 0 Å². The van der Waals surface area contributed by atoms with Crippen molar-refractivity contribution >= 4 is 23.2 Å². The Hall–Kier alpha value is -2.04. The number of anilines is 1. The minimum Gasteiger partial charge on any atom is -0.369 e. The molecule has 0 aliphatic carbocycles. The normalized spacial score (nSPS) is 16.3. The Morgan fingerprint density at radius 3 is 2.50 bits per heavy atom. The summed E-state index contributed by atoms with van der Waals surface area (Å²) in [6.45, 7) is 7.27. The number of carbonyl (C=O) groups excluding carboxylic acids is 1. The molecule has 5 heteroatoms. The number of piperazine rings is 1. The smallest absolute Gasteiger partial charge is 0.251 e. The molecule has 1 amide bonds. The lowest BCUT2D eigenvalue weighted by molar-refractivity contribution is 0.0935. The highest BCUT2D eigenvalue weighted by molar-refractivity contribution is 6.30. The van der Waals surface area contributed by atoms with Crippen LogP contribution in [0.1, 0.15) is 23.7 Å². The molecule has 0 saturated carbocycles. The van der Waals surface area contributed by atoms with Gasteiger partial charge in [0.25, 0.3) is 5.91 Å². The van der Waals surface area contributed by atoms with E-state index in [4.69, 9.17) is 11.6 Å². The third-order valence-electron chi connectivity index (χ3n) is 4.84. The van der Waals surface area contributed by atoms with Crippen LogP contribution < -0.4 is 10.2 Å². The van der Waals surface area contributed by atoms with Gasteiger partial charge in [0.15, 0.2) is 0 Å². The van der Waals surface area contributed by atoms with E-state index in [1.165, 1.54) is 5.69 Å². The number of hydrogen-bond acceptors (Lipinski definition) is 3. The summed E-state index contributed by atoms with van der Waals surface area (Å²) in [4.78, 5) is 17.2.